The van der Waals surface area contributed by atoms with Gasteiger partial charge in [-0.2, -0.15) is 0 Å². The van der Waals surface area contributed by atoms with Crippen LogP contribution in [0.15, 0.2) is 30.3 Å². The lowest BCUT2D eigenvalue weighted by Gasteiger charge is -2.14. The Labute approximate surface area is 93.7 Å². The minimum absolute atomic E-state index is 0.0103. The van der Waals surface area contributed by atoms with Gasteiger partial charge in [-0.05, 0) is 12.1 Å². The lowest BCUT2D eigenvalue weighted by atomic mass is 10.1. The van der Waals surface area contributed by atoms with E-state index in [-0.39, 0.29) is 11.8 Å². The number of alkyl halides is 2. The van der Waals surface area contributed by atoms with Crippen molar-refractivity contribution in [3.63, 3.8) is 0 Å². The van der Waals surface area contributed by atoms with E-state index in [1.54, 1.807) is 0 Å². The maximum absolute atomic E-state index is 9.65. The molecule has 1 aromatic rings. The Morgan fingerprint density at radius 3 is 2.21 bits per heavy atom. The zero-order chi connectivity index (χ0) is 10.4. The van der Waals surface area contributed by atoms with Gasteiger partial charge in [-0.3, -0.25) is 0 Å². The van der Waals surface area contributed by atoms with Crippen LogP contribution < -0.4 is 0 Å². The molecule has 14 heavy (non-hydrogen) atoms. The van der Waals surface area contributed by atoms with Crippen molar-refractivity contribution in [1.82, 2.24) is 0 Å². The van der Waals surface area contributed by atoms with E-state index >= 15 is 0 Å². The Morgan fingerprint density at radius 2 is 1.71 bits per heavy atom. The zero-order valence-corrected chi connectivity index (χ0v) is 9.02. The summed E-state index contributed by atoms with van der Waals surface area (Å²) in [6.45, 7) is 0. The van der Waals surface area contributed by atoms with E-state index in [2.05, 4.69) is 11.8 Å². The largest absolute Gasteiger partial charge is 0.375 e. The van der Waals surface area contributed by atoms with Gasteiger partial charge in [0, 0.05) is 5.56 Å². The molecule has 0 heterocycles. The van der Waals surface area contributed by atoms with Gasteiger partial charge < -0.3 is 5.11 Å². The summed E-state index contributed by atoms with van der Waals surface area (Å²) in [5.74, 6) is 5.49. The Bertz CT molecular complexity index is 333. The first-order valence-corrected chi connectivity index (χ1v) is 5.19. The van der Waals surface area contributed by atoms with Crippen molar-refractivity contribution in [3.8, 4) is 11.8 Å². The molecule has 0 fully saturated rings. The molecule has 74 valence electrons. The fourth-order valence-corrected chi connectivity index (χ4v) is 1.23. The fourth-order valence-electron chi connectivity index (χ4n) is 0.813. The number of rotatable bonds is 2. The molecule has 0 aliphatic heterocycles. The third-order valence-electron chi connectivity index (χ3n) is 1.66. The van der Waals surface area contributed by atoms with Crippen molar-refractivity contribution in [1.29, 1.82) is 0 Å². The molecule has 0 aliphatic rings. The maximum Gasteiger partial charge on any atom is 0.152 e. The standard InChI is InChI=1S/C11H10Cl2O/c12-8-11(14,9-13)7-6-10-4-2-1-3-5-10/h1-5,14H,8-9H2. The van der Waals surface area contributed by atoms with Crippen LogP contribution in [0.2, 0.25) is 0 Å². The molecule has 1 N–H and O–H groups in total. The molecular formula is C11H10Cl2O. The Kier molecular flexibility index (Phi) is 4.28. The van der Waals surface area contributed by atoms with Crippen LogP contribution in [0.5, 0.6) is 0 Å². The van der Waals surface area contributed by atoms with Crippen LogP contribution in [0, 0.1) is 11.8 Å². The molecule has 0 amide bonds. The molecule has 3 heteroatoms. The van der Waals surface area contributed by atoms with Gasteiger partial charge in [0.05, 0.1) is 11.8 Å². The van der Waals surface area contributed by atoms with Gasteiger partial charge in [0.1, 0.15) is 0 Å². The minimum Gasteiger partial charge on any atom is -0.375 e. The normalized spacial score (nSPS) is 10.5. The topological polar surface area (TPSA) is 20.2 Å². The molecule has 1 nitrogen and oxygen atoms in total. The lowest BCUT2D eigenvalue weighted by molar-refractivity contribution is 0.151. The van der Waals surface area contributed by atoms with E-state index in [1.807, 2.05) is 30.3 Å². The summed E-state index contributed by atoms with van der Waals surface area (Å²) in [6.07, 6.45) is 0. The summed E-state index contributed by atoms with van der Waals surface area (Å²) < 4.78 is 0. The van der Waals surface area contributed by atoms with Gasteiger partial charge in [-0.15, -0.1) is 23.2 Å². The van der Waals surface area contributed by atoms with Gasteiger partial charge in [-0.1, -0.05) is 30.0 Å². The predicted octanol–water partition coefficient (Wildman–Crippen LogP) is 2.25. The minimum atomic E-state index is -1.29. The Balaban J connectivity index is 2.82. The van der Waals surface area contributed by atoms with E-state index in [0.29, 0.717) is 0 Å². The molecule has 0 saturated heterocycles. The monoisotopic (exact) mass is 228 g/mol. The predicted molar refractivity (Wildman–Crippen MR) is 59.7 cm³/mol. The number of hydrogen-bond donors (Lipinski definition) is 1. The van der Waals surface area contributed by atoms with Crippen molar-refractivity contribution >= 4 is 23.2 Å². The average Bonchev–Trinajstić information content (AvgIpc) is 2.27. The first kappa shape index (κ1) is 11.4. The van der Waals surface area contributed by atoms with Gasteiger partial charge in [0.25, 0.3) is 0 Å². The summed E-state index contributed by atoms with van der Waals surface area (Å²) in [6, 6.07) is 9.38. The second-order valence-corrected chi connectivity index (χ2v) is 3.45. The van der Waals surface area contributed by atoms with Crippen molar-refractivity contribution in [2.24, 2.45) is 0 Å². The second kappa shape index (κ2) is 5.26. The van der Waals surface area contributed by atoms with Crippen molar-refractivity contribution in [3.05, 3.63) is 35.9 Å². The first-order valence-electron chi connectivity index (χ1n) is 4.13. The third-order valence-corrected chi connectivity index (χ3v) is 2.54. The quantitative estimate of drug-likeness (QED) is 0.609. The van der Waals surface area contributed by atoms with Crippen LogP contribution in [0.3, 0.4) is 0 Å². The van der Waals surface area contributed by atoms with Gasteiger partial charge in [-0.25, -0.2) is 0 Å². The van der Waals surface area contributed by atoms with E-state index in [9.17, 15) is 5.11 Å². The summed E-state index contributed by atoms with van der Waals surface area (Å²) in [5.41, 5.74) is -0.458. The molecule has 1 rings (SSSR count). The van der Waals surface area contributed by atoms with Gasteiger partial charge in [0.2, 0.25) is 0 Å². The molecule has 0 bridgehead atoms. The smallest absolute Gasteiger partial charge is 0.152 e. The van der Waals surface area contributed by atoms with Crippen LogP contribution in [0.25, 0.3) is 0 Å². The molecule has 1 aromatic carbocycles. The highest BCUT2D eigenvalue weighted by atomic mass is 35.5. The van der Waals surface area contributed by atoms with Crippen LogP contribution in [0.1, 0.15) is 5.56 Å². The highest BCUT2D eigenvalue weighted by Gasteiger charge is 2.20. The number of aliphatic hydroxyl groups is 1. The van der Waals surface area contributed by atoms with Crippen molar-refractivity contribution in [2.75, 3.05) is 11.8 Å². The number of hydrogen-bond acceptors (Lipinski definition) is 1. The first-order chi connectivity index (χ1) is 6.70. The Morgan fingerprint density at radius 1 is 1.14 bits per heavy atom. The third kappa shape index (κ3) is 3.23. The molecule has 0 atom stereocenters. The summed E-state index contributed by atoms with van der Waals surface area (Å²) in [5, 5.41) is 9.65. The molecule has 0 saturated carbocycles. The average molecular weight is 229 g/mol. The van der Waals surface area contributed by atoms with E-state index in [4.69, 9.17) is 23.2 Å². The molecule has 0 aromatic heterocycles. The Hall–Kier alpha value is -0.680. The number of halogens is 2. The molecule has 0 unspecified atom stereocenters. The fraction of sp³-hybridized carbons (Fsp3) is 0.273. The zero-order valence-electron chi connectivity index (χ0n) is 7.50. The van der Waals surface area contributed by atoms with Crippen molar-refractivity contribution in [2.45, 2.75) is 5.60 Å². The van der Waals surface area contributed by atoms with E-state index in [0.717, 1.165) is 5.56 Å². The SMILES string of the molecule is OC(C#Cc1ccccc1)(CCl)CCl. The van der Waals surface area contributed by atoms with E-state index in [1.165, 1.54) is 0 Å². The highest BCUT2D eigenvalue weighted by Crippen LogP contribution is 2.08. The van der Waals surface area contributed by atoms with Crippen LogP contribution in [0.4, 0.5) is 0 Å². The van der Waals surface area contributed by atoms with Crippen LogP contribution in [-0.4, -0.2) is 22.5 Å². The summed E-state index contributed by atoms with van der Waals surface area (Å²) in [4.78, 5) is 0. The molecular weight excluding hydrogens is 219 g/mol. The lowest BCUT2D eigenvalue weighted by Crippen LogP contribution is -2.30. The number of benzene rings is 1. The van der Waals surface area contributed by atoms with Gasteiger partial charge in [0.15, 0.2) is 5.60 Å². The molecule has 0 radical (unpaired) electrons. The molecule has 0 aliphatic carbocycles. The summed E-state index contributed by atoms with van der Waals surface area (Å²) >= 11 is 11.1. The second-order valence-electron chi connectivity index (χ2n) is 2.91. The van der Waals surface area contributed by atoms with Gasteiger partial charge >= 0.3 is 0 Å². The van der Waals surface area contributed by atoms with Crippen molar-refractivity contribution < 1.29 is 5.11 Å². The highest BCUT2D eigenvalue weighted by molar-refractivity contribution is 6.22. The maximum atomic E-state index is 9.65. The molecule has 0 spiro atoms. The summed E-state index contributed by atoms with van der Waals surface area (Å²) in [7, 11) is 0. The van der Waals surface area contributed by atoms with Crippen LogP contribution >= 0.6 is 23.2 Å². The van der Waals surface area contributed by atoms with E-state index < -0.39 is 5.60 Å². The van der Waals surface area contributed by atoms with Crippen LogP contribution in [-0.2, 0) is 0 Å².